The van der Waals surface area contributed by atoms with E-state index < -0.39 is 5.92 Å². The minimum absolute atomic E-state index is 0.106. The van der Waals surface area contributed by atoms with Crippen LogP contribution < -0.4 is 5.32 Å². The van der Waals surface area contributed by atoms with Crippen molar-refractivity contribution in [3.8, 4) is 0 Å². The molecule has 18 heavy (non-hydrogen) atoms. The maximum absolute atomic E-state index is 12.0. The third kappa shape index (κ3) is 3.42. The Balaban J connectivity index is 1.89. The van der Waals surface area contributed by atoms with Gasteiger partial charge in [0.2, 0.25) is 5.91 Å². The predicted octanol–water partition coefficient (Wildman–Crippen LogP) is 2.45. The van der Waals surface area contributed by atoms with Gasteiger partial charge in [-0.15, -0.1) is 0 Å². The fraction of sp³-hybridized carbons (Fsp3) is 0.467. The van der Waals surface area contributed by atoms with E-state index in [0.29, 0.717) is 19.4 Å². The van der Waals surface area contributed by atoms with Crippen LogP contribution in [0.4, 0.5) is 0 Å². The van der Waals surface area contributed by atoms with E-state index >= 15 is 0 Å². The predicted molar refractivity (Wildman–Crippen MR) is 69.9 cm³/mol. The van der Waals surface area contributed by atoms with E-state index in [4.69, 9.17) is 0 Å². The summed E-state index contributed by atoms with van der Waals surface area (Å²) in [7, 11) is 0. The molecule has 0 radical (unpaired) electrons. The second-order valence-corrected chi connectivity index (χ2v) is 4.82. The van der Waals surface area contributed by atoms with Crippen LogP contribution in [0.25, 0.3) is 0 Å². The zero-order valence-electron chi connectivity index (χ0n) is 10.5. The van der Waals surface area contributed by atoms with Crippen molar-refractivity contribution < 1.29 is 9.59 Å². The molecule has 1 amide bonds. The number of hydrogen-bond acceptors (Lipinski definition) is 2. The molecular formula is C15H19NO2. The van der Waals surface area contributed by atoms with Crippen molar-refractivity contribution in [2.75, 3.05) is 0 Å². The quantitative estimate of drug-likeness (QED) is 0.656. The highest BCUT2D eigenvalue weighted by Crippen LogP contribution is 2.20. The fourth-order valence-electron chi connectivity index (χ4n) is 2.35. The minimum Gasteiger partial charge on any atom is -0.351 e. The summed E-state index contributed by atoms with van der Waals surface area (Å²) in [5.74, 6) is -0.417. The molecule has 1 aromatic rings. The van der Waals surface area contributed by atoms with Gasteiger partial charge in [0.1, 0.15) is 5.78 Å². The normalized spacial score (nSPS) is 20.2. The number of amides is 1. The third-order valence-electron chi connectivity index (χ3n) is 3.43. The van der Waals surface area contributed by atoms with Crippen LogP contribution in [-0.4, -0.2) is 11.7 Å². The maximum atomic E-state index is 12.0. The third-order valence-corrected chi connectivity index (χ3v) is 3.43. The van der Waals surface area contributed by atoms with Crippen LogP contribution in [0, 0.1) is 5.92 Å². The average Bonchev–Trinajstić information content (AvgIpc) is 2.62. The van der Waals surface area contributed by atoms with Crippen LogP contribution in [0.1, 0.15) is 37.7 Å². The number of carbonyl (C=O) groups is 2. The highest BCUT2D eigenvalue weighted by atomic mass is 16.2. The van der Waals surface area contributed by atoms with E-state index in [1.807, 2.05) is 30.3 Å². The smallest absolute Gasteiger partial charge is 0.230 e. The van der Waals surface area contributed by atoms with Crippen molar-refractivity contribution in [2.24, 2.45) is 5.92 Å². The summed E-state index contributed by atoms with van der Waals surface area (Å²) in [5, 5.41) is 2.87. The standard InChI is InChI=1S/C15H19NO2/c17-14-10-6-2-5-9-13(14)15(18)16-11-12-7-3-1-4-8-12/h1,3-4,7-8,13H,2,5-6,9-11H2,(H,16,18). The van der Waals surface area contributed by atoms with E-state index in [1.165, 1.54) is 0 Å². The summed E-state index contributed by atoms with van der Waals surface area (Å²) in [6.45, 7) is 0.503. The SMILES string of the molecule is O=C1CCCCCC1C(=O)NCc1ccccc1. The van der Waals surface area contributed by atoms with Gasteiger partial charge in [-0.2, -0.15) is 0 Å². The Hall–Kier alpha value is -1.64. The molecule has 3 heteroatoms. The van der Waals surface area contributed by atoms with Crippen LogP contribution in [0.2, 0.25) is 0 Å². The largest absolute Gasteiger partial charge is 0.351 e. The number of hydrogen-bond donors (Lipinski definition) is 1. The Morgan fingerprint density at radius 1 is 1.17 bits per heavy atom. The number of rotatable bonds is 3. The van der Waals surface area contributed by atoms with Crippen LogP contribution >= 0.6 is 0 Å². The Kier molecular flexibility index (Phi) is 4.51. The lowest BCUT2D eigenvalue weighted by Crippen LogP contribution is -2.34. The molecule has 3 nitrogen and oxygen atoms in total. The summed E-state index contributed by atoms with van der Waals surface area (Å²) in [6.07, 6.45) is 4.24. The summed E-state index contributed by atoms with van der Waals surface area (Å²) >= 11 is 0. The van der Waals surface area contributed by atoms with E-state index in [2.05, 4.69) is 5.32 Å². The van der Waals surface area contributed by atoms with Gasteiger partial charge in [0.05, 0.1) is 5.92 Å². The number of nitrogens with one attached hydrogen (secondary N) is 1. The monoisotopic (exact) mass is 245 g/mol. The van der Waals surface area contributed by atoms with Crippen molar-refractivity contribution in [3.05, 3.63) is 35.9 Å². The molecule has 1 aliphatic carbocycles. The molecular weight excluding hydrogens is 226 g/mol. The van der Waals surface area contributed by atoms with E-state index in [1.54, 1.807) is 0 Å². The molecule has 0 heterocycles. The lowest BCUT2D eigenvalue weighted by molar-refractivity contribution is -0.134. The van der Waals surface area contributed by atoms with Gasteiger partial charge in [-0.25, -0.2) is 0 Å². The van der Waals surface area contributed by atoms with Crippen LogP contribution in [0.5, 0.6) is 0 Å². The molecule has 1 aromatic carbocycles. The number of ketones is 1. The molecule has 0 aliphatic heterocycles. The maximum Gasteiger partial charge on any atom is 0.230 e. The van der Waals surface area contributed by atoms with Gasteiger partial charge in [0.25, 0.3) is 0 Å². The number of carbonyl (C=O) groups excluding carboxylic acids is 2. The first-order valence-electron chi connectivity index (χ1n) is 6.62. The van der Waals surface area contributed by atoms with Crippen molar-refractivity contribution in [2.45, 2.75) is 38.6 Å². The van der Waals surface area contributed by atoms with Crippen molar-refractivity contribution in [1.82, 2.24) is 5.32 Å². The van der Waals surface area contributed by atoms with Gasteiger partial charge < -0.3 is 5.32 Å². The zero-order chi connectivity index (χ0) is 12.8. The minimum atomic E-state index is -0.420. The summed E-state index contributed by atoms with van der Waals surface area (Å²) in [5.41, 5.74) is 1.06. The molecule has 0 saturated heterocycles. The zero-order valence-corrected chi connectivity index (χ0v) is 10.5. The summed E-state index contributed by atoms with van der Waals surface area (Å²) < 4.78 is 0. The van der Waals surface area contributed by atoms with Gasteiger partial charge in [-0.3, -0.25) is 9.59 Å². The van der Waals surface area contributed by atoms with Crippen molar-refractivity contribution in [1.29, 1.82) is 0 Å². The number of Topliss-reactive ketones (excluding diaryl/α,β-unsaturated/α-hetero) is 1. The van der Waals surface area contributed by atoms with Gasteiger partial charge >= 0.3 is 0 Å². The van der Waals surface area contributed by atoms with E-state index in [9.17, 15) is 9.59 Å². The lowest BCUT2D eigenvalue weighted by Gasteiger charge is -2.13. The molecule has 2 rings (SSSR count). The Morgan fingerprint density at radius 3 is 2.72 bits per heavy atom. The highest BCUT2D eigenvalue weighted by Gasteiger charge is 2.27. The summed E-state index contributed by atoms with van der Waals surface area (Å²) in [4.78, 5) is 23.8. The first-order valence-corrected chi connectivity index (χ1v) is 6.62. The van der Waals surface area contributed by atoms with Gasteiger partial charge in [-0.05, 0) is 18.4 Å². The fourth-order valence-corrected chi connectivity index (χ4v) is 2.35. The Morgan fingerprint density at radius 2 is 1.94 bits per heavy atom. The highest BCUT2D eigenvalue weighted by molar-refractivity contribution is 6.01. The molecule has 1 saturated carbocycles. The molecule has 0 aromatic heterocycles. The molecule has 0 spiro atoms. The molecule has 1 aliphatic rings. The first kappa shape index (κ1) is 12.8. The second-order valence-electron chi connectivity index (χ2n) is 4.82. The van der Waals surface area contributed by atoms with Crippen LogP contribution in [0.3, 0.4) is 0 Å². The van der Waals surface area contributed by atoms with Crippen LogP contribution in [-0.2, 0) is 16.1 Å². The second kappa shape index (κ2) is 6.34. The molecule has 1 N–H and O–H groups in total. The molecule has 1 unspecified atom stereocenters. The van der Waals surface area contributed by atoms with Crippen molar-refractivity contribution >= 4 is 11.7 Å². The van der Waals surface area contributed by atoms with E-state index in [0.717, 1.165) is 24.8 Å². The molecule has 1 fully saturated rings. The Labute approximate surface area is 108 Å². The van der Waals surface area contributed by atoms with Crippen molar-refractivity contribution in [3.63, 3.8) is 0 Å². The number of benzene rings is 1. The molecule has 0 bridgehead atoms. The van der Waals surface area contributed by atoms with Gasteiger partial charge in [0, 0.05) is 13.0 Å². The van der Waals surface area contributed by atoms with E-state index in [-0.39, 0.29) is 11.7 Å². The molecule has 96 valence electrons. The average molecular weight is 245 g/mol. The van der Waals surface area contributed by atoms with Crippen LogP contribution in [0.15, 0.2) is 30.3 Å². The topological polar surface area (TPSA) is 46.2 Å². The first-order chi connectivity index (χ1) is 8.77. The molecule has 1 atom stereocenters. The lowest BCUT2D eigenvalue weighted by atomic mass is 9.98. The summed E-state index contributed by atoms with van der Waals surface area (Å²) in [6, 6.07) is 9.76. The van der Waals surface area contributed by atoms with Gasteiger partial charge in [0.15, 0.2) is 0 Å². The Bertz CT molecular complexity index is 414. The van der Waals surface area contributed by atoms with Gasteiger partial charge in [-0.1, -0.05) is 43.2 Å².